The van der Waals surface area contributed by atoms with Gasteiger partial charge in [-0.05, 0) is 18.2 Å². The fraction of sp³-hybridized carbons (Fsp3) is 0.125. The summed E-state index contributed by atoms with van der Waals surface area (Å²) in [5.74, 6) is 2.63. The lowest BCUT2D eigenvalue weighted by atomic mass is 10.2. The van der Waals surface area contributed by atoms with Gasteiger partial charge in [-0.2, -0.15) is 0 Å². The van der Waals surface area contributed by atoms with E-state index >= 15 is 0 Å². The van der Waals surface area contributed by atoms with E-state index in [0.29, 0.717) is 18.0 Å². The summed E-state index contributed by atoms with van der Waals surface area (Å²) in [6.07, 6.45) is 5.17. The zero-order valence-corrected chi connectivity index (χ0v) is 11.5. The number of hydrogen-bond acceptors (Lipinski definition) is 2. The molecule has 2 aromatic carbocycles. The van der Waals surface area contributed by atoms with Gasteiger partial charge < -0.3 is 10.1 Å². The number of nitrogens with one attached hydrogen (secondary N) is 1. The number of para-hydroxylation sites is 1. The number of anilines is 1. The van der Waals surface area contributed by atoms with Crippen molar-refractivity contribution in [3.63, 3.8) is 0 Å². The fourth-order valence-electron chi connectivity index (χ4n) is 1.74. The van der Waals surface area contributed by atoms with Crippen molar-refractivity contribution in [2.75, 3.05) is 11.9 Å². The molecule has 0 radical (unpaired) electrons. The minimum absolute atomic E-state index is 0.0897. The summed E-state index contributed by atoms with van der Waals surface area (Å²) in [6, 6.07) is 12.3. The predicted molar refractivity (Wildman–Crippen MR) is 79.5 cm³/mol. The standard InChI is InChI=1S/C16H13ClFNO/c1-2-10-20-15-9-4-3-6-12(15)11-19-14-8-5-7-13(17)16(14)18/h1,3-9,19H,10-11H2. The summed E-state index contributed by atoms with van der Waals surface area (Å²) in [7, 11) is 0. The van der Waals surface area contributed by atoms with Gasteiger partial charge in [0, 0.05) is 12.1 Å². The van der Waals surface area contributed by atoms with Crippen LogP contribution in [0.5, 0.6) is 5.75 Å². The average molecular weight is 290 g/mol. The molecule has 2 aromatic rings. The van der Waals surface area contributed by atoms with Gasteiger partial charge in [-0.15, -0.1) is 6.42 Å². The van der Waals surface area contributed by atoms with E-state index in [1.807, 2.05) is 24.3 Å². The maximum Gasteiger partial charge on any atom is 0.164 e. The van der Waals surface area contributed by atoms with E-state index < -0.39 is 5.82 Å². The van der Waals surface area contributed by atoms with Crippen molar-refractivity contribution in [2.45, 2.75) is 6.54 Å². The molecule has 0 unspecified atom stereocenters. The second kappa shape index (κ2) is 6.83. The first kappa shape index (κ1) is 14.2. The molecule has 2 rings (SSSR count). The van der Waals surface area contributed by atoms with E-state index in [0.717, 1.165) is 5.56 Å². The van der Waals surface area contributed by atoms with Crippen molar-refractivity contribution in [1.82, 2.24) is 0 Å². The van der Waals surface area contributed by atoms with Crippen LogP contribution in [0.15, 0.2) is 42.5 Å². The first-order chi connectivity index (χ1) is 9.72. The third-order valence-electron chi connectivity index (χ3n) is 2.70. The zero-order valence-electron chi connectivity index (χ0n) is 10.7. The van der Waals surface area contributed by atoms with E-state index in [1.165, 1.54) is 6.07 Å². The van der Waals surface area contributed by atoms with Gasteiger partial charge in [0.15, 0.2) is 5.82 Å². The highest BCUT2D eigenvalue weighted by molar-refractivity contribution is 6.31. The van der Waals surface area contributed by atoms with Gasteiger partial charge >= 0.3 is 0 Å². The Balaban J connectivity index is 2.11. The Labute approximate surface area is 122 Å². The first-order valence-electron chi connectivity index (χ1n) is 6.04. The molecule has 1 N–H and O–H groups in total. The summed E-state index contributed by atoms with van der Waals surface area (Å²) in [5, 5.41) is 3.09. The Bertz CT molecular complexity index is 637. The SMILES string of the molecule is C#CCOc1ccccc1CNc1cccc(Cl)c1F. The summed E-state index contributed by atoms with van der Waals surface area (Å²) in [4.78, 5) is 0. The fourth-order valence-corrected chi connectivity index (χ4v) is 1.92. The summed E-state index contributed by atoms with van der Waals surface area (Å²) < 4.78 is 19.2. The molecule has 0 heterocycles. The number of terminal acetylenes is 1. The van der Waals surface area contributed by atoms with Crippen LogP contribution in [-0.4, -0.2) is 6.61 Å². The number of benzene rings is 2. The molecule has 0 aliphatic heterocycles. The van der Waals surface area contributed by atoms with Crippen molar-refractivity contribution in [3.05, 3.63) is 58.9 Å². The van der Waals surface area contributed by atoms with Crippen LogP contribution in [0.3, 0.4) is 0 Å². The monoisotopic (exact) mass is 289 g/mol. The summed E-state index contributed by atoms with van der Waals surface area (Å²) in [5.41, 5.74) is 1.24. The van der Waals surface area contributed by atoms with Gasteiger partial charge in [0.2, 0.25) is 0 Å². The van der Waals surface area contributed by atoms with E-state index in [4.69, 9.17) is 22.8 Å². The highest BCUT2D eigenvalue weighted by Crippen LogP contribution is 2.24. The third kappa shape index (κ3) is 3.43. The molecule has 0 aliphatic carbocycles. The molecular formula is C16H13ClFNO. The quantitative estimate of drug-likeness (QED) is 0.837. The van der Waals surface area contributed by atoms with Crippen LogP contribution >= 0.6 is 11.6 Å². The molecule has 0 aromatic heterocycles. The maximum absolute atomic E-state index is 13.8. The lowest BCUT2D eigenvalue weighted by molar-refractivity contribution is 0.366. The topological polar surface area (TPSA) is 21.3 Å². The number of ether oxygens (including phenoxy) is 1. The Morgan fingerprint density at radius 1 is 1.20 bits per heavy atom. The molecule has 0 aliphatic rings. The first-order valence-corrected chi connectivity index (χ1v) is 6.42. The molecule has 0 atom stereocenters. The normalized spacial score (nSPS) is 9.85. The highest BCUT2D eigenvalue weighted by atomic mass is 35.5. The molecule has 0 spiro atoms. The second-order valence-electron chi connectivity index (χ2n) is 4.06. The number of rotatable bonds is 5. The van der Waals surface area contributed by atoms with Gasteiger partial charge in [0.25, 0.3) is 0 Å². The van der Waals surface area contributed by atoms with E-state index in [9.17, 15) is 4.39 Å². The van der Waals surface area contributed by atoms with Crippen LogP contribution in [0, 0.1) is 18.2 Å². The van der Waals surface area contributed by atoms with Crippen LogP contribution in [0.4, 0.5) is 10.1 Å². The smallest absolute Gasteiger partial charge is 0.164 e. The molecule has 2 nitrogen and oxygen atoms in total. The van der Waals surface area contributed by atoms with Crippen molar-refractivity contribution in [3.8, 4) is 18.1 Å². The Morgan fingerprint density at radius 3 is 2.80 bits per heavy atom. The molecular weight excluding hydrogens is 277 g/mol. The van der Waals surface area contributed by atoms with Gasteiger partial charge in [-0.3, -0.25) is 0 Å². The predicted octanol–water partition coefficient (Wildman–Crippen LogP) is 4.10. The summed E-state index contributed by atoms with van der Waals surface area (Å²) in [6.45, 7) is 0.612. The Kier molecular flexibility index (Phi) is 4.86. The minimum Gasteiger partial charge on any atom is -0.481 e. The molecule has 0 amide bonds. The molecule has 0 fully saturated rings. The van der Waals surface area contributed by atoms with E-state index in [2.05, 4.69) is 11.2 Å². The maximum atomic E-state index is 13.8. The lowest BCUT2D eigenvalue weighted by Gasteiger charge is -2.12. The number of halogens is 2. The van der Waals surface area contributed by atoms with Crippen LogP contribution in [0.1, 0.15) is 5.56 Å². The highest BCUT2D eigenvalue weighted by Gasteiger charge is 2.07. The van der Waals surface area contributed by atoms with Crippen LogP contribution in [0.2, 0.25) is 5.02 Å². The van der Waals surface area contributed by atoms with Crippen LogP contribution < -0.4 is 10.1 Å². The van der Waals surface area contributed by atoms with E-state index in [-0.39, 0.29) is 11.6 Å². The van der Waals surface area contributed by atoms with Crippen LogP contribution in [0.25, 0.3) is 0 Å². The van der Waals surface area contributed by atoms with E-state index in [1.54, 1.807) is 12.1 Å². The van der Waals surface area contributed by atoms with Gasteiger partial charge in [-0.25, -0.2) is 4.39 Å². The Hall–Kier alpha value is -2.18. The van der Waals surface area contributed by atoms with Crippen molar-refractivity contribution < 1.29 is 9.13 Å². The van der Waals surface area contributed by atoms with Crippen LogP contribution in [-0.2, 0) is 6.54 Å². The lowest BCUT2D eigenvalue weighted by Crippen LogP contribution is -2.04. The molecule has 0 saturated carbocycles. The Morgan fingerprint density at radius 2 is 2.00 bits per heavy atom. The molecule has 102 valence electrons. The van der Waals surface area contributed by atoms with Gasteiger partial charge in [-0.1, -0.05) is 41.8 Å². The molecule has 20 heavy (non-hydrogen) atoms. The van der Waals surface area contributed by atoms with Gasteiger partial charge in [0.1, 0.15) is 12.4 Å². The molecule has 0 saturated heterocycles. The second-order valence-corrected chi connectivity index (χ2v) is 4.46. The van der Waals surface area contributed by atoms with Crippen molar-refractivity contribution >= 4 is 17.3 Å². The number of hydrogen-bond donors (Lipinski definition) is 1. The van der Waals surface area contributed by atoms with Crippen molar-refractivity contribution in [1.29, 1.82) is 0 Å². The van der Waals surface area contributed by atoms with Crippen molar-refractivity contribution in [2.24, 2.45) is 0 Å². The van der Waals surface area contributed by atoms with Gasteiger partial charge in [0.05, 0.1) is 10.7 Å². The largest absolute Gasteiger partial charge is 0.481 e. The third-order valence-corrected chi connectivity index (χ3v) is 3.00. The molecule has 0 bridgehead atoms. The minimum atomic E-state index is -0.462. The molecule has 4 heteroatoms. The average Bonchev–Trinajstić information content (AvgIpc) is 2.47. The summed E-state index contributed by atoms with van der Waals surface area (Å²) >= 11 is 5.73. The zero-order chi connectivity index (χ0) is 14.4.